The predicted octanol–water partition coefficient (Wildman–Crippen LogP) is 5.07. The van der Waals surface area contributed by atoms with E-state index in [0.717, 1.165) is 47.3 Å². The number of imidazole rings is 1. The molecule has 3 aromatic carbocycles. The van der Waals surface area contributed by atoms with E-state index in [1.165, 1.54) is 15.7 Å². The van der Waals surface area contributed by atoms with Gasteiger partial charge in [0, 0.05) is 30.4 Å². The number of aromatic nitrogens is 5. The average Bonchev–Trinajstić information content (AvgIpc) is 3.77. The van der Waals surface area contributed by atoms with Crippen molar-refractivity contribution >= 4 is 28.9 Å². The molecule has 44 heavy (non-hydrogen) atoms. The third-order valence-electron chi connectivity index (χ3n) is 7.90. The molecule has 0 radical (unpaired) electrons. The maximum absolute atomic E-state index is 13.0. The molecule has 1 aliphatic rings. The zero-order chi connectivity index (χ0) is 30.2. The van der Waals surface area contributed by atoms with Gasteiger partial charge >= 0.3 is 11.7 Å². The number of nitrogens with zero attached hydrogens (tertiary/aromatic N) is 4. The summed E-state index contributed by atoms with van der Waals surface area (Å²) >= 11 is 0. The fraction of sp³-hybridized carbons (Fsp3) is 0.147. The quantitative estimate of drug-likeness (QED) is 0.253. The molecular weight excluding hydrogens is 556 g/mol. The maximum atomic E-state index is 13.0. The minimum absolute atomic E-state index is 0.258. The largest absolute Gasteiger partial charge is 0.452 e. The Morgan fingerprint density at radius 2 is 1.75 bits per heavy atom. The van der Waals surface area contributed by atoms with Crippen LogP contribution in [-0.2, 0) is 29.4 Å². The third kappa shape index (κ3) is 5.17. The van der Waals surface area contributed by atoms with Crippen LogP contribution in [0.25, 0.3) is 39.2 Å². The number of amides is 1. The monoisotopic (exact) mass is 584 g/mol. The minimum Gasteiger partial charge on any atom is -0.452 e. The van der Waals surface area contributed by atoms with Gasteiger partial charge in [0.25, 0.3) is 5.91 Å². The molecule has 10 heteroatoms. The number of pyridine rings is 1. The number of hydrogen-bond acceptors (Lipinski definition) is 6. The molecule has 0 saturated carbocycles. The number of para-hydroxylation sites is 1. The molecule has 1 amide bonds. The SMILES string of the molecule is Cn1c(=O)[nH]c2ncc(-c3cccc(C(=O)OCC(=O)Nc4cc(-c5ccc6c(c5)CCC6)nn4-c4ccccc4)c3)cc21. The van der Waals surface area contributed by atoms with Gasteiger partial charge in [-0.3, -0.25) is 14.3 Å². The van der Waals surface area contributed by atoms with Gasteiger partial charge in [0.05, 0.1) is 22.5 Å². The van der Waals surface area contributed by atoms with Gasteiger partial charge in [0.15, 0.2) is 12.3 Å². The lowest BCUT2D eigenvalue weighted by atomic mass is 10.0. The van der Waals surface area contributed by atoms with Crippen molar-refractivity contribution in [3.8, 4) is 28.1 Å². The second kappa shape index (κ2) is 11.1. The molecule has 0 unspecified atom stereocenters. The van der Waals surface area contributed by atoms with Gasteiger partial charge in [-0.2, -0.15) is 5.10 Å². The van der Waals surface area contributed by atoms with E-state index in [1.54, 1.807) is 36.1 Å². The molecule has 3 aromatic heterocycles. The highest BCUT2D eigenvalue weighted by Crippen LogP contribution is 2.30. The average molecular weight is 585 g/mol. The van der Waals surface area contributed by atoms with E-state index in [0.29, 0.717) is 17.0 Å². The van der Waals surface area contributed by atoms with Crippen molar-refractivity contribution in [2.24, 2.45) is 7.05 Å². The number of nitrogens with one attached hydrogen (secondary N) is 2. The molecule has 6 aromatic rings. The summed E-state index contributed by atoms with van der Waals surface area (Å²) in [5.41, 5.74) is 7.82. The summed E-state index contributed by atoms with van der Waals surface area (Å²) in [6.45, 7) is -0.476. The summed E-state index contributed by atoms with van der Waals surface area (Å²) in [7, 11) is 1.66. The Kier molecular flexibility index (Phi) is 6.86. The molecule has 218 valence electrons. The van der Waals surface area contributed by atoms with E-state index in [4.69, 9.17) is 9.84 Å². The smallest absolute Gasteiger partial charge is 0.338 e. The highest BCUT2D eigenvalue weighted by Gasteiger charge is 2.18. The summed E-state index contributed by atoms with van der Waals surface area (Å²) in [6, 6.07) is 26.4. The number of aromatic amines is 1. The van der Waals surface area contributed by atoms with E-state index >= 15 is 0 Å². The Labute approximate surface area is 252 Å². The van der Waals surface area contributed by atoms with Gasteiger partial charge in [0.2, 0.25) is 0 Å². The number of rotatable bonds is 7. The Morgan fingerprint density at radius 1 is 0.909 bits per heavy atom. The first-order valence-electron chi connectivity index (χ1n) is 14.3. The van der Waals surface area contributed by atoms with E-state index in [-0.39, 0.29) is 11.3 Å². The lowest BCUT2D eigenvalue weighted by molar-refractivity contribution is -0.119. The van der Waals surface area contributed by atoms with Crippen molar-refractivity contribution < 1.29 is 14.3 Å². The predicted molar refractivity (Wildman–Crippen MR) is 167 cm³/mol. The van der Waals surface area contributed by atoms with E-state index < -0.39 is 18.5 Å². The van der Waals surface area contributed by atoms with Gasteiger partial charge in [-0.05, 0) is 72.4 Å². The van der Waals surface area contributed by atoms with Gasteiger partial charge in [-0.1, -0.05) is 42.5 Å². The zero-order valence-electron chi connectivity index (χ0n) is 23.9. The Morgan fingerprint density at radius 3 is 2.61 bits per heavy atom. The first kappa shape index (κ1) is 27.1. The van der Waals surface area contributed by atoms with Crippen molar-refractivity contribution in [2.45, 2.75) is 19.3 Å². The first-order valence-corrected chi connectivity index (χ1v) is 14.3. The fourth-order valence-corrected chi connectivity index (χ4v) is 5.59. The van der Waals surface area contributed by atoms with Gasteiger partial charge < -0.3 is 10.1 Å². The summed E-state index contributed by atoms with van der Waals surface area (Å²) in [4.78, 5) is 44.9. The van der Waals surface area contributed by atoms with E-state index in [9.17, 15) is 14.4 Å². The topological polar surface area (TPSA) is 124 Å². The lowest BCUT2D eigenvalue weighted by Crippen LogP contribution is -2.22. The number of H-pyrrole nitrogens is 1. The van der Waals surface area contributed by atoms with Crippen molar-refractivity contribution in [1.82, 2.24) is 24.3 Å². The molecule has 0 atom stereocenters. The van der Waals surface area contributed by atoms with Crippen molar-refractivity contribution in [2.75, 3.05) is 11.9 Å². The Balaban J connectivity index is 1.08. The number of anilines is 1. The highest BCUT2D eigenvalue weighted by atomic mass is 16.5. The van der Waals surface area contributed by atoms with Crippen LogP contribution < -0.4 is 11.0 Å². The molecule has 10 nitrogen and oxygen atoms in total. The van der Waals surface area contributed by atoms with Crippen LogP contribution in [-0.4, -0.2) is 42.8 Å². The first-order chi connectivity index (χ1) is 21.4. The fourth-order valence-electron chi connectivity index (χ4n) is 5.59. The van der Waals surface area contributed by atoms with Crippen molar-refractivity contribution in [3.63, 3.8) is 0 Å². The van der Waals surface area contributed by atoms with Crippen LogP contribution in [0, 0.1) is 0 Å². The molecule has 1 aliphatic carbocycles. The molecular formula is C34H28N6O4. The molecule has 2 N–H and O–H groups in total. The summed E-state index contributed by atoms with van der Waals surface area (Å²) < 4.78 is 8.54. The number of aryl methyl sites for hydroxylation is 3. The van der Waals surface area contributed by atoms with Crippen molar-refractivity contribution in [3.05, 3.63) is 118 Å². The van der Waals surface area contributed by atoms with Crippen LogP contribution in [0.5, 0.6) is 0 Å². The summed E-state index contributed by atoms with van der Waals surface area (Å²) in [5, 5.41) is 7.67. The molecule has 0 bridgehead atoms. The molecule has 0 fully saturated rings. The number of carbonyl (C=O) groups excluding carboxylic acids is 2. The van der Waals surface area contributed by atoms with Crippen LogP contribution in [0.15, 0.2) is 95.9 Å². The number of fused-ring (bicyclic) bond motifs is 2. The lowest BCUT2D eigenvalue weighted by Gasteiger charge is -2.10. The van der Waals surface area contributed by atoms with Gasteiger partial charge in [-0.25, -0.2) is 19.3 Å². The second-order valence-electron chi connectivity index (χ2n) is 10.8. The second-order valence-corrected chi connectivity index (χ2v) is 10.8. The third-order valence-corrected chi connectivity index (χ3v) is 7.90. The Hall–Kier alpha value is -5.77. The van der Waals surface area contributed by atoms with Crippen LogP contribution >= 0.6 is 0 Å². The maximum Gasteiger partial charge on any atom is 0.338 e. The van der Waals surface area contributed by atoms with Crippen LogP contribution in [0.1, 0.15) is 27.9 Å². The van der Waals surface area contributed by atoms with Crippen LogP contribution in [0.3, 0.4) is 0 Å². The number of hydrogen-bond donors (Lipinski definition) is 2. The van der Waals surface area contributed by atoms with Crippen LogP contribution in [0.4, 0.5) is 5.82 Å². The van der Waals surface area contributed by atoms with Crippen LogP contribution in [0.2, 0.25) is 0 Å². The summed E-state index contributed by atoms with van der Waals surface area (Å²) in [5.74, 6) is -0.660. The number of esters is 1. The van der Waals surface area contributed by atoms with E-state index in [1.807, 2.05) is 48.5 Å². The molecule has 0 aliphatic heterocycles. The molecule has 3 heterocycles. The molecule has 0 saturated heterocycles. The van der Waals surface area contributed by atoms with Gasteiger partial charge in [-0.15, -0.1) is 0 Å². The van der Waals surface area contributed by atoms with E-state index in [2.05, 4.69) is 33.5 Å². The number of benzene rings is 3. The summed E-state index contributed by atoms with van der Waals surface area (Å²) in [6.07, 6.45) is 4.94. The number of carbonyl (C=O) groups is 2. The standard InChI is InChI=1S/C34H28N6O4/c1-39-29-17-26(19-35-32(29)37-34(39)43)23-9-6-10-25(16-23)33(42)44-20-31(41)36-30-18-28(38-40(30)27-11-3-2-4-12-27)24-14-13-21-7-5-8-22(21)15-24/h2-4,6,9-19H,5,7-8,20H2,1H3,(H,36,41)(H,35,37,43). The Bertz CT molecular complexity index is 2110. The number of ether oxygens (including phenoxy) is 1. The zero-order valence-corrected chi connectivity index (χ0v) is 23.9. The molecule has 7 rings (SSSR count). The normalized spacial score (nSPS) is 12.3. The minimum atomic E-state index is -0.638. The molecule has 0 spiro atoms. The highest BCUT2D eigenvalue weighted by molar-refractivity contribution is 5.96. The van der Waals surface area contributed by atoms with Crippen molar-refractivity contribution in [1.29, 1.82) is 0 Å². The van der Waals surface area contributed by atoms with Gasteiger partial charge in [0.1, 0.15) is 5.82 Å².